The molecular formula is C16H16Br2F2N2O. The first-order valence-corrected chi connectivity index (χ1v) is 8.11. The summed E-state index contributed by atoms with van der Waals surface area (Å²) >= 11 is 6.25. The lowest BCUT2D eigenvalue weighted by Crippen LogP contribution is -2.17. The molecule has 23 heavy (non-hydrogen) atoms. The highest BCUT2D eigenvalue weighted by molar-refractivity contribution is 9.10. The summed E-state index contributed by atoms with van der Waals surface area (Å²) in [5.74, 6) is -0.827. The third-order valence-corrected chi connectivity index (χ3v) is 3.63. The second kappa shape index (κ2) is 8.08. The van der Waals surface area contributed by atoms with Gasteiger partial charge in [0.05, 0.1) is 18.0 Å². The van der Waals surface area contributed by atoms with Crippen LogP contribution in [0.4, 0.5) is 8.78 Å². The third-order valence-electron chi connectivity index (χ3n) is 2.76. The highest BCUT2D eigenvalue weighted by Gasteiger charge is 2.20. The van der Waals surface area contributed by atoms with Crippen LogP contribution >= 0.6 is 31.9 Å². The molecule has 0 amide bonds. The molecule has 7 heteroatoms. The number of halogens is 4. The minimum atomic E-state index is -1.17. The van der Waals surface area contributed by atoms with Gasteiger partial charge in [-0.05, 0) is 70.3 Å². The van der Waals surface area contributed by atoms with Crippen molar-refractivity contribution in [2.75, 3.05) is 0 Å². The number of allylic oxidation sites excluding steroid dienone is 1. The lowest BCUT2D eigenvalue weighted by Gasteiger charge is -2.18. The maximum atomic E-state index is 13.0. The second-order valence-electron chi connectivity index (χ2n) is 5.31. The molecule has 0 aliphatic heterocycles. The summed E-state index contributed by atoms with van der Waals surface area (Å²) in [6, 6.07) is 3.08. The molecule has 0 unspecified atom stereocenters. The van der Waals surface area contributed by atoms with Crippen LogP contribution in [-0.4, -0.2) is 15.1 Å². The van der Waals surface area contributed by atoms with Crippen molar-refractivity contribution in [3.8, 4) is 0 Å². The normalized spacial score (nSPS) is 10.8. The van der Waals surface area contributed by atoms with Crippen molar-refractivity contribution in [3.63, 3.8) is 0 Å². The molecule has 0 atom stereocenters. The smallest absolute Gasteiger partial charge is 0.149 e. The first-order chi connectivity index (χ1) is 10.5. The SMILES string of the molecule is C=C(C)c1cc(Br)ncc1F.CC(C)(O)c1cc(Br)ncc1F. The molecule has 3 nitrogen and oxygen atoms in total. The van der Waals surface area contributed by atoms with Gasteiger partial charge >= 0.3 is 0 Å². The van der Waals surface area contributed by atoms with E-state index in [1.165, 1.54) is 26.1 Å². The zero-order valence-electron chi connectivity index (χ0n) is 12.9. The summed E-state index contributed by atoms with van der Waals surface area (Å²) in [6.07, 6.45) is 2.26. The first kappa shape index (κ1) is 19.9. The molecule has 124 valence electrons. The number of aromatic nitrogens is 2. The number of rotatable bonds is 2. The summed E-state index contributed by atoms with van der Waals surface area (Å²) in [5, 5.41) is 9.51. The Kier molecular flexibility index (Phi) is 6.98. The van der Waals surface area contributed by atoms with E-state index in [2.05, 4.69) is 48.4 Å². The predicted molar refractivity (Wildman–Crippen MR) is 93.7 cm³/mol. The Morgan fingerprint density at radius 1 is 1.09 bits per heavy atom. The summed E-state index contributed by atoms with van der Waals surface area (Å²) in [4.78, 5) is 7.41. The Balaban J connectivity index is 0.000000231. The lowest BCUT2D eigenvalue weighted by molar-refractivity contribution is 0.0743. The van der Waals surface area contributed by atoms with E-state index < -0.39 is 11.4 Å². The van der Waals surface area contributed by atoms with Gasteiger partial charge in [-0.3, -0.25) is 0 Å². The lowest BCUT2D eigenvalue weighted by atomic mass is 10.00. The van der Waals surface area contributed by atoms with Crippen LogP contribution in [0.3, 0.4) is 0 Å². The van der Waals surface area contributed by atoms with Gasteiger partial charge in [-0.25, -0.2) is 18.7 Å². The van der Waals surface area contributed by atoms with E-state index in [1.807, 2.05) is 0 Å². The Bertz CT molecular complexity index is 716. The quantitative estimate of drug-likeness (QED) is 0.638. The zero-order valence-corrected chi connectivity index (χ0v) is 16.0. The highest BCUT2D eigenvalue weighted by atomic mass is 79.9. The number of nitrogens with zero attached hydrogens (tertiary/aromatic N) is 2. The van der Waals surface area contributed by atoms with Crippen LogP contribution in [-0.2, 0) is 5.60 Å². The molecule has 0 radical (unpaired) electrons. The van der Waals surface area contributed by atoms with E-state index in [9.17, 15) is 13.9 Å². The average molecular weight is 450 g/mol. The summed E-state index contributed by atoms with van der Waals surface area (Å²) in [5.41, 5.74) is 0.275. The molecule has 0 aliphatic rings. The number of hydrogen-bond acceptors (Lipinski definition) is 3. The predicted octanol–water partition coefficient (Wildman–Crippen LogP) is 5.23. The van der Waals surface area contributed by atoms with Gasteiger partial charge in [0, 0.05) is 11.1 Å². The van der Waals surface area contributed by atoms with Crippen molar-refractivity contribution >= 4 is 37.4 Å². The molecule has 2 aromatic heterocycles. The van der Waals surface area contributed by atoms with Crippen molar-refractivity contribution in [1.29, 1.82) is 0 Å². The molecule has 2 heterocycles. The fourth-order valence-electron chi connectivity index (χ4n) is 1.62. The van der Waals surface area contributed by atoms with Gasteiger partial charge < -0.3 is 5.11 Å². The van der Waals surface area contributed by atoms with Gasteiger partial charge in [0.2, 0.25) is 0 Å². The summed E-state index contributed by atoms with van der Waals surface area (Å²) in [6.45, 7) is 8.44. The molecule has 0 spiro atoms. The molecule has 0 aromatic carbocycles. The summed E-state index contributed by atoms with van der Waals surface area (Å²) < 4.78 is 27.0. The second-order valence-corrected chi connectivity index (χ2v) is 6.94. The minimum absolute atomic E-state index is 0.240. The molecule has 0 aliphatic carbocycles. The molecule has 0 fully saturated rings. The molecule has 2 aromatic rings. The van der Waals surface area contributed by atoms with Crippen LogP contribution in [0.25, 0.3) is 5.57 Å². The maximum absolute atomic E-state index is 13.0. The molecular weight excluding hydrogens is 434 g/mol. The van der Waals surface area contributed by atoms with Crippen LogP contribution < -0.4 is 0 Å². The van der Waals surface area contributed by atoms with Crippen LogP contribution in [0.2, 0.25) is 0 Å². The Labute approximate surface area is 150 Å². The standard InChI is InChI=1S/C8H9BrFNO.C8H7BrFN/c1-8(2,12)5-3-7(9)11-4-6(5)10;1-5(2)6-3-8(9)11-4-7(6)10/h3-4,12H,1-2H3;3-4H,1H2,2H3. The van der Waals surface area contributed by atoms with E-state index in [-0.39, 0.29) is 11.4 Å². The van der Waals surface area contributed by atoms with E-state index in [1.54, 1.807) is 13.0 Å². The van der Waals surface area contributed by atoms with Gasteiger partial charge in [0.25, 0.3) is 0 Å². The van der Waals surface area contributed by atoms with E-state index >= 15 is 0 Å². The minimum Gasteiger partial charge on any atom is -0.386 e. The van der Waals surface area contributed by atoms with Gasteiger partial charge in [-0.1, -0.05) is 6.58 Å². The number of hydrogen-bond donors (Lipinski definition) is 1. The van der Waals surface area contributed by atoms with Crippen LogP contribution in [0, 0.1) is 11.6 Å². The van der Waals surface area contributed by atoms with Gasteiger partial charge in [0.1, 0.15) is 20.8 Å². The first-order valence-electron chi connectivity index (χ1n) is 6.53. The van der Waals surface area contributed by atoms with Crippen molar-refractivity contribution in [3.05, 3.63) is 63.1 Å². The van der Waals surface area contributed by atoms with Crippen molar-refractivity contribution in [2.45, 2.75) is 26.4 Å². The van der Waals surface area contributed by atoms with Crippen LogP contribution in [0.15, 0.2) is 40.3 Å². The molecule has 2 rings (SSSR count). The van der Waals surface area contributed by atoms with Crippen molar-refractivity contribution < 1.29 is 13.9 Å². The monoisotopic (exact) mass is 448 g/mol. The average Bonchev–Trinajstić information content (AvgIpc) is 2.43. The zero-order chi connectivity index (χ0) is 17.8. The molecule has 0 saturated carbocycles. The fourth-order valence-corrected chi connectivity index (χ4v) is 2.28. The fraction of sp³-hybridized carbons (Fsp3) is 0.250. The Morgan fingerprint density at radius 2 is 1.57 bits per heavy atom. The van der Waals surface area contributed by atoms with Gasteiger partial charge in [-0.2, -0.15) is 0 Å². The highest BCUT2D eigenvalue weighted by Crippen LogP contribution is 2.24. The number of aliphatic hydroxyl groups is 1. The van der Waals surface area contributed by atoms with Crippen LogP contribution in [0.1, 0.15) is 31.9 Å². The van der Waals surface area contributed by atoms with Gasteiger partial charge in [0.15, 0.2) is 0 Å². The largest absolute Gasteiger partial charge is 0.386 e. The number of pyridine rings is 2. The van der Waals surface area contributed by atoms with E-state index in [4.69, 9.17) is 0 Å². The third kappa shape index (κ3) is 6.08. The Hall–Kier alpha value is -1.18. The van der Waals surface area contributed by atoms with Crippen molar-refractivity contribution in [1.82, 2.24) is 9.97 Å². The van der Waals surface area contributed by atoms with Crippen molar-refractivity contribution in [2.24, 2.45) is 0 Å². The van der Waals surface area contributed by atoms with E-state index in [0.29, 0.717) is 20.3 Å². The Morgan fingerprint density at radius 3 is 1.96 bits per heavy atom. The van der Waals surface area contributed by atoms with E-state index in [0.717, 1.165) is 6.20 Å². The summed E-state index contributed by atoms with van der Waals surface area (Å²) in [7, 11) is 0. The topological polar surface area (TPSA) is 46.0 Å². The van der Waals surface area contributed by atoms with Gasteiger partial charge in [-0.15, -0.1) is 0 Å². The molecule has 0 bridgehead atoms. The molecule has 1 N–H and O–H groups in total. The van der Waals surface area contributed by atoms with Crippen LogP contribution in [0.5, 0.6) is 0 Å². The molecule has 0 saturated heterocycles. The maximum Gasteiger partial charge on any atom is 0.149 e.